The average Bonchev–Trinajstić information content (AvgIpc) is 3.10. The van der Waals surface area contributed by atoms with Gasteiger partial charge in [0.05, 0.1) is 5.69 Å². The molecule has 24 heavy (non-hydrogen) atoms. The second-order valence-corrected chi connectivity index (χ2v) is 6.27. The number of carbonyl (C=O) groups is 1. The van der Waals surface area contributed by atoms with Crippen molar-refractivity contribution in [3.63, 3.8) is 0 Å². The van der Waals surface area contributed by atoms with Crippen molar-refractivity contribution in [1.82, 2.24) is 14.8 Å². The van der Waals surface area contributed by atoms with Crippen molar-refractivity contribution >= 4 is 23.5 Å². The highest BCUT2D eigenvalue weighted by Gasteiger charge is 2.26. The molecule has 0 radical (unpaired) electrons. The molecule has 4 rings (SSSR count). The van der Waals surface area contributed by atoms with Crippen molar-refractivity contribution in [2.45, 2.75) is 11.0 Å². The van der Waals surface area contributed by atoms with Gasteiger partial charge in [-0.25, -0.2) is 4.68 Å². The van der Waals surface area contributed by atoms with Gasteiger partial charge in [-0.05, 0) is 24.3 Å². The van der Waals surface area contributed by atoms with Gasteiger partial charge in [0.1, 0.15) is 5.75 Å². The second-order valence-electron chi connectivity index (χ2n) is 5.20. The van der Waals surface area contributed by atoms with Crippen LogP contribution in [-0.4, -0.2) is 32.5 Å². The van der Waals surface area contributed by atoms with E-state index in [9.17, 15) is 4.79 Å². The third-order valence-corrected chi connectivity index (χ3v) is 4.69. The molecule has 0 bridgehead atoms. The van der Waals surface area contributed by atoms with Gasteiger partial charge in [-0.3, -0.25) is 9.78 Å². The van der Waals surface area contributed by atoms with Crippen molar-refractivity contribution < 1.29 is 9.53 Å². The smallest absolute Gasteiger partial charge is 0.267 e. The molecular formula is C17H14N4O2S. The predicted octanol–water partition coefficient (Wildman–Crippen LogP) is 2.76. The molecule has 0 saturated heterocycles. The molecule has 2 aromatic heterocycles. The number of nitrogens with one attached hydrogen (secondary N) is 1. The molecule has 6 nitrogen and oxygen atoms in total. The van der Waals surface area contributed by atoms with E-state index >= 15 is 0 Å². The Kier molecular flexibility index (Phi) is 3.92. The van der Waals surface area contributed by atoms with E-state index in [4.69, 9.17) is 4.74 Å². The largest absolute Gasteiger partial charge is 0.479 e. The van der Waals surface area contributed by atoms with Gasteiger partial charge in [0, 0.05) is 35.3 Å². The van der Waals surface area contributed by atoms with Gasteiger partial charge in [0.2, 0.25) is 0 Å². The average molecular weight is 338 g/mol. The summed E-state index contributed by atoms with van der Waals surface area (Å²) in [5, 5.41) is 7.16. The van der Waals surface area contributed by atoms with Crippen LogP contribution in [-0.2, 0) is 4.79 Å². The molecule has 1 aromatic carbocycles. The van der Waals surface area contributed by atoms with E-state index in [-0.39, 0.29) is 5.91 Å². The monoisotopic (exact) mass is 338 g/mol. The lowest BCUT2D eigenvalue weighted by Gasteiger charge is -2.24. The Labute approximate surface area is 142 Å². The van der Waals surface area contributed by atoms with E-state index in [2.05, 4.69) is 15.4 Å². The number of carbonyl (C=O) groups excluding carboxylic acids is 1. The van der Waals surface area contributed by atoms with Crippen LogP contribution in [0.25, 0.3) is 5.69 Å². The van der Waals surface area contributed by atoms with Crippen molar-refractivity contribution in [2.24, 2.45) is 0 Å². The highest BCUT2D eigenvalue weighted by Crippen LogP contribution is 2.35. The lowest BCUT2D eigenvalue weighted by Crippen LogP contribution is -2.36. The number of anilines is 1. The highest BCUT2D eigenvalue weighted by molar-refractivity contribution is 7.99. The summed E-state index contributed by atoms with van der Waals surface area (Å²) in [6, 6.07) is 13.2. The molecule has 1 aliphatic rings. The molecule has 1 aliphatic heterocycles. The van der Waals surface area contributed by atoms with Crippen molar-refractivity contribution in [2.75, 3.05) is 11.1 Å². The predicted molar refractivity (Wildman–Crippen MR) is 91.6 cm³/mol. The quantitative estimate of drug-likeness (QED) is 0.795. The first-order valence-corrected chi connectivity index (χ1v) is 8.43. The van der Waals surface area contributed by atoms with Gasteiger partial charge in [0.25, 0.3) is 5.91 Å². The first-order chi connectivity index (χ1) is 11.8. The van der Waals surface area contributed by atoms with Crippen LogP contribution in [0, 0.1) is 0 Å². The normalized spacial score (nSPS) is 16.1. The van der Waals surface area contributed by atoms with E-state index < -0.39 is 6.10 Å². The van der Waals surface area contributed by atoms with Crippen LogP contribution in [0.4, 0.5) is 5.82 Å². The highest BCUT2D eigenvalue weighted by atomic mass is 32.2. The first-order valence-electron chi connectivity index (χ1n) is 7.45. The first kappa shape index (κ1) is 14.8. The van der Waals surface area contributed by atoms with Gasteiger partial charge < -0.3 is 10.1 Å². The molecule has 3 aromatic rings. The summed E-state index contributed by atoms with van der Waals surface area (Å²) in [7, 11) is 0. The molecular weight excluding hydrogens is 324 g/mol. The minimum absolute atomic E-state index is 0.197. The Bertz CT molecular complexity index is 866. The van der Waals surface area contributed by atoms with E-state index in [0.29, 0.717) is 11.6 Å². The van der Waals surface area contributed by atoms with E-state index in [0.717, 1.165) is 16.3 Å². The van der Waals surface area contributed by atoms with Gasteiger partial charge >= 0.3 is 0 Å². The molecule has 3 heterocycles. The minimum atomic E-state index is -0.532. The number of pyridine rings is 1. The van der Waals surface area contributed by atoms with Gasteiger partial charge in [-0.2, -0.15) is 5.10 Å². The molecule has 0 fully saturated rings. The summed E-state index contributed by atoms with van der Waals surface area (Å²) >= 11 is 1.62. The maximum Gasteiger partial charge on any atom is 0.267 e. The van der Waals surface area contributed by atoms with Crippen molar-refractivity contribution in [3.8, 4) is 11.4 Å². The number of amides is 1. The minimum Gasteiger partial charge on any atom is -0.479 e. The zero-order chi connectivity index (χ0) is 16.4. The summed E-state index contributed by atoms with van der Waals surface area (Å²) in [5.41, 5.74) is 0.879. The molecule has 1 amide bonds. The van der Waals surface area contributed by atoms with Crippen LogP contribution in [0.2, 0.25) is 0 Å². The third kappa shape index (κ3) is 2.98. The van der Waals surface area contributed by atoms with Crippen LogP contribution in [0.15, 0.2) is 66.0 Å². The molecule has 7 heteroatoms. The summed E-state index contributed by atoms with van der Waals surface area (Å²) in [6.07, 6.45) is 4.65. The molecule has 120 valence electrons. The third-order valence-electron chi connectivity index (χ3n) is 3.57. The number of fused-ring (bicyclic) bond motifs is 1. The number of aromatic nitrogens is 3. The number of thioether (sulfide) groups is 1. The second kappa shape index (κ2) is 6.37. The number of hydrogen-bond donors (Lipinski definition) is 1. The molecule has 0 spiro atoms. The fraction of sp³-hybridized carbons (Fsp3) is 0.118. The van der Waals surface area contributed by atoms with E-state index in [1.54, 1.807) is 41.1 Å². The fourth-order valence-corrected chi connectivity index (χ4v) is 3.37. The summed E-state index contributed by atoms with van der Waals surface area (Å²) in [5.74, 6) is 1.62. The van der Waals surface area contributed by atoms with Crippen molar-refractivity contribution in [3.05, 3.63) is 61.1 Å². The van der Waals surface area contributed by atoms with Crippen molar-refractivity contribution in [1.29, 1.82) is 0 Å². The van der Waals surface area contributed by atoms with Gasteiger partial charge in [0.15, 0.2) is 11.9 Å². The molecule has 1 atom stereocenters. The van der Waals surface area contributed by atoms with Crippen LogP contribution in [0.1, 0.15) is 0 Å². The van der Waals surface area contributed by atoms with E-state index in [1.807, 2.05) is 36.4 Å². The Hall–Kier alpha value is -2.80. The number of ether oxygens (including phenoxy) is 1. The maximum atomic E-state index is 12.4. The maximum absolute atomic E-state index is 12.4. The molecule has 1 N–H and O–H groups in total. The van der Waals surface area contributed by atoms with Crippen LogP contribution in [0.5, 0.6) is 5.75 Å². The molecule has 1 unspecified atom stereocenters. The lowest BCUT2D eigenvalue weighted by molar-refractivity contribution is -0.122. The lowest BCUT2D eigenvalue weighted by atomic mass is 10.3. The van der Waals surface area contributed by atoms with Gasteiger partial charge in [-0.15, -0.1) is 11.8 Å². The Balaban J connectivity index is 1.45. The van der Waals surface area contributed by atoms with Crippen LogP contribution in [0.3, 0.4) is 0 Å². The zero-order valence-electron chi connectivity index (χ0n) is 12.6. The zero-order valence-corrected chi connectivity index (χ0v) is 13.4. The van der Waals surface area contributed by atoms with Crippen LogP contribution >= 0.6 is 11.8 Å². The number of para-hydroxylation sites is 1. The fourth-order valence-electron chi connectivity index (χ4n) is 2.39. The Morgan fingerprint density at radius 3 is 2.92 bits per heavy atom. The number of hydrogen-bond acceptors (Lipinski definition) is 5. The van der Waals surface area contributed by atoms with Crippen LogP contribution < -0.4 is 10.1 Å². The molecule has 0 aliphatic carbocycles. The topological polar surface area (TPSA) is 69.0 Å². The summed E-state index contributed by atoms with van der Waals surface area (Å²) < 4.78 is 7.47. The SMILES string of the molecule is O=C(Nc1ccn(-c2ccncc2)n1)C1CSc2ccccc2O1. The summed E-state index contributed by atoms with van der Waals surface area (Å²) in [6.45, 7) is 0. The Morgan fingerprint density at radius 1 is 1.21 bits per heavy atom. The Morgan fingerprint density at radius 2 is 2.04 bits per heavy atom. The van der Waals surface area contributed by atoms with E-state index in [1.165, 1.54) is 0 Å². The standard InChI is InChI=1S/C17H14N4O2S/c22-17(14-11-24-15-4-2-1-3-13(15)23-14)19-16-7-10-21(20-16)12-5-8-18-9-6-12/h1-10,14H,11H2,(H,19,20,22). The van der Waals surface area contributed by atoms with Gasteiger partial charge in [-0.1, -0.05) is 12.1 Å². The molecule has 0 saturated carbocycles. The number of rotatable bonds is 3. The summed E-state index contributed by atoms with van der Waals surface area (Å²) in [4.78, 5) is 17.4. The number of nitrogens with zero attached hydrogens (tertiary/aromatic N) is 3. The number of benzene rings is 1.